The number of alkyl halides is 5. The number of carbonyl (C=O) groups is 3. The van der Waals surface area contributed by atoms with Crippen molar-refractivity contribution in [3.63, 3.8) is 0 Å². The number of aromatic nitrogens is 1. The number of nitrogens with one attached hydrogen (secondary N) is 2. The van der Waals surface area contributed by atoms with Crippen molar-refractivity contribution in [3.05, 3.63) is 54.2 Å². The molecular formula is C16H12ClF4N3O4. The number of carboxylic acids is 1. The number of benzene rings is 1. The first kappa shape index (κ1) is 22.8. The lowest BCUT2D eigenvalue weighted by Crippen LogP contribution is -2.21. The highest BCUT2D eigenvalue weighted by Gasteiger charge is 2.38. The number of hydrogen-bond donors (Lipinski definition) is 3. The Kier molecular flexibility index (Phi) is 8.32. The molecule has 2 rings (SSSR count). The molecule has 0 aliphatic carbocycles. The van der Waals surface area contributed by atoms with Gasteiger partial charge in [-0.15, -0.1) is 0 Å². The standard InChI is InChI=1S/C14H11ClFN3O2.C2HF3O2/c15-12(16)14(21)18-10-6-7-11(17-8-10)19-13(20)9-4-2-1-3-5-9;3-2(4,5)1(6)7/h1-8,12H,(H,18,21)(H,17,19,20);(H,6,7). The molecule has 1 aromatic heterocycles. The molecule has 0 saturated heterocycles. The molecule has 0 bridgehead atoms. The fourth-order valence-corrected chi connectivity index (χ4v) is 1.57. The number of pyridine rings is 1. The van der Waals surface area contributed by atoms with E-state index < -0.39 is 23.7 Å². The Balaban J connectivity index is 0.000000480. The smallest absolute Gasteiger partial charge is 0.475 e. The molecule has 7 nitrogen and oxygen atoms in total. The van der Waals surface area contributed by atoms with E-state index in [9.17, 15) is 27.2 Å². The first-order valence-electron chi connectivity index (χ1n) is 7.22. The minimum absolute atomic E-state index is 0.279. The van der Waals surface area contributed by atoms with Crippen LogP contribution in [-0.2, 0) is 9.59 Å². The summed E-state index contributed by atoms with van der Waals surface area (Å²) in [6, 6.07) is 11.6. The quantitative estimate of drug-likeness (QED) is 0.517. The molecule has 12 heteroatoms. The van der Waals surface area contributed by atoms with Crippen LogP contribution in [0.5, 0.6) is 0 Å². The predicted octanol–water partition coefficient (Wildman–Crippen LogP) is 3.44. The van der Waals surface area contributed by atoms with Gasteiger partial charge in [0.25, 0.3) is 17.4 Å². The Hall–Kier alpha value is -3.21. The Labute approximate surface area is 160 Å². The molecule has 0 spiro atoms. The van der Waals surface area contributed by atoms with Gasteiger partial charge in [-0.25, -0.2) is 14.2 Å². The van der Waals surface area contributed by atoms with E-state index >= 15 is 0 Å². The van der Waals surface area contributed by atoms with E-state index in [1.807, 2.05) is 6.07 Å². The number of carboxylic acid groups (broad SMARTS) is 1. The average molecular weight is 422 g/mol. The normalized spacial score (nSPS) is 11.5. The first-order chi connectivity index (χ1) is 13.0. The first-order valence-corrected chi connectivity index (χ1v) is 7.66. The van der Waals surface area contributed by atoms with Gasteiger partial charge in [0, 0.05) is 5.56 Å². The van der Waals surface area contributed by atoms with Crippen LogP contribution in [0.4, 0.5) is 29.1 Å². The maximum atomic E-state index is 12.5. The van der Waals surface area contributed by atoms with Crippen molar-refractivity contribution >= 4 is 40.9 Å². The summed E-state index contributed by atoms with van der Waals surface area (Å²) in [7, 11) is 0. The third-order valence-electron chi connectivity index (χ3n) is 2.75. The molecule has 2 aromatic rings. The molecule has 1 atom stereocenters. The van der Waals surface area contributed by atoms with Gasteiger partial charge in [-0.05, 0) is 24.3 Å². The summed E-state index contributed by atoms with van der Waals surface area (Å²) in [6.07, 6.45) is -3.79. The van der Waals surface area contributed by atoms with Crippen LogP contribution in [0.3, 0.4) is 0 Å². The SMILES string of the molecule is O=C(Nc1ccc(NC(=O)C(F)Cl)cn1)c1ccccc1.O=C(O)C(F)(F)F. The van der Waals surface area contributed by atoms with Crippen LogP contribution in [-0.4, -0.2) is 39.7 Å². The second kappa shape index (κ2) is 10.2. The lowest BCUT2D eigenvalue weighted by molar-refractivity contribution is -0.192. The zero-order chi connectivity index (χ0) is 21.3. The van der Waals surface area contributed by atoms with Gasteiger partial charge in [-0.2, -0.15) is 13.2 Å². The minimum atomic E-state index is -5.08. The topological polar surface area (TPSA) is 108 Å². The predicted molar refractivity (Wildman–Crippen MR) is 91.7 cm³/mol. The van der Waals surface area contributed by atoms with E-state index in [0.717, 1.165) is 0 Å². The number of aliphatic carboxylic acids is 1. The molecule has 28 heavy (non-hydrogen) atoms. The van der Waals surface area contributed by atoms with E-state index in [0.29, 0.717) is 11.4 Å². The van der Waals surface area contributed by atoms with Gasteiger partial charge in [0.2, 0.25) is 0 Å². The second-order valence-corrected chi connectivity index (χ2v) is 5.23. The van der Waals surface area contributed by atoms with E-state index in [4.69, 9.17) is 21.5 Å². The molecule has 0 aliphatic rings. The largest absolute Gasteiger partial charge is 0.490 e. The van der Waals surface area contributed by atoms with Crippen LogP contribution in [0, 0.1) is 0 Å². The van der Waals surface area contributed by atoms with Crippen LogP contribution < -0.4 is 10.6 Å². The summed E-state index contributed by atoms with van der Waals surface area (Å²) in [5.41, 5.74) is -1.34. The van der Waals surface area contributed by atoms with Gasteiger partial charge in [-0.1, -0.05) is 29.8 Å². The van der Waals surface area contributed by atoms with Crippen LogP contribution in [0.25, 0.3) is 0 Å². The summed E-state index contributed by atoms with van der Waals surface area (Å²) in [4.78, 5) is 35.8. The maximum absolute atomic E-state index is 12.5. The lowest BCUT2D eigenvalue weighted by atomic mass is 10.2. The Bertz CT molecular complexity index is 815. The monoisotopic (exact) mass is 421 g/mol. The molecule has 0 radical (unpaired) electrons. The van der Waals surface area contributed by atoms with Crippen molar-refractivity contribution in [1.82, 2.24) is 4.98 Å². The number of rotatable bonds is 4. The van der Waals surface area contributed by atoms with E-state index in [1.54, 1.807) is 24.3 Å². The highest BCUT2D eigenvalue weighted by Crippen LogP contribution is 2.13. The fraction of sp³-hybridized carbons (Fsp3) is 0.125. The lowest BCUT2D eigenvalue weighted by Gasteiger charge is -2.07. The molecule has 3 N–H and O–H groups in total. The zero-order valence-corrected chi connectivity index (χ0v) is 14.5. The highest BCUT2D eigenvalue weighted by atomic mass is 35.5. The summed E-state index contributed by atoms with van der Waals surface area (Å²) in [6.45, 7) is 0. The van der Waals surface area contributed by atoms with Crippen molar-refractivity contribution < 1.29 is 37.1 Å². The van der Waals surface area contributed by atoms with Gasteiger partial charge in [0.15, 0.2) is 0 Å². The van der Waals surface area contributed by atoms with Crippen molar-refractivity contribution in [2.75, 3.05) is 10.6 Å². The van der Waals surface area contributed by atoms with Crippen molar-refractivity contribution in [1.29, 1.82) is 0 Å². The van der Waals surface area contributed by atoms with Gasteiger partial charge >= 0.3 is 12.1 Å². The summed E-state index contributed by atoms with van der Waals surface area (Å²) in [5, 5.41) is 12.0. The van der Waals surface area contributed by atoms with Crippen LogP contribution in [0.1, 0.15) is 10.4 Å². The molecule has 2 amide bonds. The third kappa shape index (κ3) is 7.99. The number of halogens is 5. The average Bonchev–Trinajstić information content (AvgIpc) is 2.63. The van der Waals surface area contributed by atoms with Crippen molar-refractivity contribution in [3.8, 4) is 0 Å². The van der Waals surface area contributed by atoms with E-state index in [1.165, 1.54) is 18.3 Å². The Morgan fingerprint density at radius 2 is 1.61 bits per heavy atom. The zero-order valence-electron chi connectivity index (χ0n) is 13.7. The molecule has 1 aromatic carbocycles. The molecule has 0 saturated carbocycles. The molecule has 1 unspecified atom stereocenters. The van der Waals surface area contributed by atoms with E-state index in [2.05, 4.69) is 15.6 Å². The van der Waals surface area contributed by atoms with Crippen molar-refractivity contribution in [2.24, 2.45) is 0 Å². The van der Waals surface area contributed by atoms with Crippen LogP contribution >= 0.6 is 11.6 Å². The summed E-state index contributed by atoms with van der Waals surface area (Å²) < 4.78 is 44.2. The number of anilines is 2. The Morgan fingerprint density at radius 3 is 2.04 bits per heavy atom. The highest BCUT2D eigenvalue weighted by molar-refractivity contribution is 6.31. The van der Waals surface area contributed by atoms with Crippen molar-refractivity contribution in [2.45, 2.75) is 11.8 Å². The van der Waals surface area contributed by atoms with Gasteiger partial charge in [-0.3, -0.25) is 9.59 Å². The van der Waals surface area contributed by atoms with Crippen LogP contribution in [0.2, 0.25) is 0 Å². The van der Waals surface area contributed by atoms with Gasteiger partial charge < -0.3 is 15.7 Å². The summed E-state index contributed by atoms with van der Waals surface area (Å²) >= 11 is 4.99. The van der Waals surface area contributed by atoms with Gasteiger partial charge in [0.1, 0.15) is 5.82 Å². The van der Waals surface area contributed by atoms with Crippen LogP contribution in [0.15, 0.2) is 48.7 Å². The number of carbonyl (C=O) groups excluding carboxylic acids is 2. The molecule has 1 heterocycles. The molecule has 150 valence electrons. The summed E-state index contributed by atoms with van der Waals surface area (Å²) in [5.74, 6) is -3.72. The molecule has 0 aliphatic heterocycles. The molecular weight excluding hydrogens is 410 g/mol. The van der Waals surface area contributed by atoms with Gasteiger partial charge in [0.05, 0.1) is 11.9 Å². The second-order valence-electron chi connectivity index (χ2n) is 4.85. The number of amides is 2. The third-order valence-corrected chi connectivity index (χ3v) is 2.95. The minimum Gasteiger partial charge on any atom is -0.475 e. The Morgan fingerprint density at radius 1 is 1.04 bits per heavy atom. The van der Waals surface area contributed by atoms with E-state index in [-0.39, 0.29) is 11.6 Å². The molecule has 0 fully saturated rings. The fourth-order valence-electron chi connectivity index (χ4n) is 1.52. The number of nitrogens with zero attached hydrogens (tertiary/aromatic N) is 1. The maximum Gasteiger partial charge on any atom is 0.490 e. The number of hydrogen-bond acceptors (Lipinski definition) is 4.